The zero-order chi connectivity index (χ0) is 27.1. The number of carbonyl (C=O) groups is 2. The number of nitrogens with one attached hydrogen (secondary N) is 2. The summed E-state index contributed by atoms with van der Waals surface area (Å²) in [5.41, 5.74) is 1.43. The van der Waals surface area contributed by atoms with Gasteiger partial charge in [0.2, 0.25) is 0 Å². The van der Waals surface area contributed by atoms with E-state index in [0.29, 0.717) is 24.1 Å². The average Bonchev–Trinajstić information content (AvgIpc) is 3.40. The van der Waals surface area contributed by atoms with Crippen LogP contribution in [0.1, 0.15) is 39.2 Å². The molecule has 0 unspecified atom stereocenters. The average molecular weight is 544 g/mol. The minimum Gasteiger partial charge on any atom is -0.484 e. The molecule has 0 bridgehead atoms. The van der Waals surface area contributed by atoms with Gasteiger partial charge in [0.05, 0.1) is 16.8 Å². The van der Waals surface area contributed by atoms with Crippen molar-refractivity contribution in [1.82, 2.24) is 20.1 Å². The van der Waals surface area contributed by atoms with Gasteiger partial charge >= 0.3 is 23.6 Å². The molecule has 1 spiro atoms. The normalized spacial score (nSPS) is 17.8. The Morgan fingerprint density at radius 1 is 1.32 bits per heavy atom. The molecular weight excluding hydrogens is 525 g/mol. The summed E-state index contributed by atoms with van der Waals surface area (Å²) in [7, 11) is 0. The number of benzene rings is 1. The Kier molecular flexibility index (Phi) is 6.31. The molecule has 2 N–H and O–H groups in total. The van der Waals surface area contributed by atoms with Gasteiger partial charge in [0.1, 0.15) is 17.4 Å². The molecule has 2 aliphatic rings. The lowest BCUT2D eigenvalue weighted by atomic mass is 9.82. The minimum atomic E-state index is -4.46. The second kappa shape index (κ2) is 9.49. The predicted molar refractivity (Wildman–Crippen MR) is 127 cm³/mol. The fourth-order valence-electron chi connectivity index (χ4n) is 4.81. The van der Waals surface area contributed by atoms with Crippen molar-refractivity contribution in [3.8, 4) is 17.6 Å². The molecule has 10 nitrogen and oxygen atoms in total. The van der Waals surface area contributed by atoms with Gasteiger partial charge in [-0.25, -0.2) is 4.98 Å². The van der Waals surface area contributed by atoms with Crippen LogP contribution in [0.4, 0.5) is 19.0 Å². The monoisotopic (exact) mass is 543 g/mol. The zero-order valence-electron chi connectivity index (χ0n) is 19.5. The molecule has 0 saturated heterocycles. The van der Waals surface area contributed by atoms with Crippen LogP contribution in [0.15, 0.2) is 36.5 Å². The highest BCUT2D eigenvalue weighted by molar-refractivity contribution is 7.66. The topological polar surface area (TPSA) is 139 Å². The third-order valence-corrected chi connectivity index (χ3v) is 6.74. The summed E-state index contributed by atoms with van der Waals surface area (Å²) in [5.74, 6) is -1.17. The number of aryl methyl sites for hydroxylation is 1. The van der Waals surface area contributed by atoms with Gasteiger partial charge in [-0.2, -0.15) is 28.2 Å². The van der Waals surface area contributed by atoms with Crippen LogP contribution in [0.5, 0.6) is 5.75 Å². The Morgan fingerprint density at radius 2 is 2.13 bits per heavy atom. The van der Waals surface area contributed by atoms with Crippen LogP contribution >= 0.6 is 0 Å². The number of alkyl halides is 3. The van der Waals surface area contributed by atoms with E-state index in [-0.39, 0.29) is 41.0 Å². The fourth-order valence-corrected chi connectivity index (χ4v) is 4.99. The molecule has 5 rings (SSSR count). The molecule has 3 aromatic rings. The smallest absolute Gasteiger partial charge is 0.469 e. The summed E-state index contributed by atoms with van der Waals surface area (Å²) >= 11 is 0.0732. The number of nitrogens with zero attached hydrogens (tertiary/aromatic N) is 4. The van der Waals surface area contributed by atoms with Gasteiger partial charge < -0.3 is 15.4 Å². The van der Waals surface area contributed by atoms with Crippen molar-refractivity contribution in [2.24, 2.45) is 0 Å². The number of nitriles is 1. The summed E-state index contributed by atoms with van der Waals surface area (Å²) in [5, 5.41) is 19.2. The number of halogens is 3. The highest BCUT2D eigenvalue weighted by Gasteiger charge is 2.47. The second-order valence-electron chi connectivity index (χ2n) is 8.85. The van der Waals surface area contributed by atoms with Crippen LogP contribution in [-0.2, 0) is 39.1 Å². The molecule has 1 aliphatic heterocycles. The minimum absolute atomic E-state index is 0.0396. The molecule has 2 amide bonds. The van der Waals surface area contributed by atoms with Crippen LogP contribution in [-0.4, -0.2) is 45.1 Å². The van der Waals surface area contributed by atoms with Gasteiger partial charge in [0.25, 0.3) is 11.8 Å². The summed E-state index contributed by atoms with van der Waals surface area (Å²) < 4.78 is 54.7. The van der Waals surface area contributed by atoms with Gasteiger partial charge in [-0.1, -0.05) is 6.07 Å². The second-order valence-corrected chi connectivity index (χ2v) is 9.37. The van der Waals surface area contributed by atoms with Crippen molar-refractivity contribution in [3.63, 3.8) is 0 Å². The number of hydrogen-bond acceptors (Lipinski definition) is 7. The predicted octanol–water partition coefficient (Wildman–Crippen LogP) is 2.57. The van der Waals surface area contributed by atoms with Crippen molar-refractivity contribution < 1.29 is 31.7 Å². The Hall–Kier alpha value is -4.38. The van der Waals surface area contributed by atoms with Crippen LogP contribution in [0.25, 0.3) is 5.82 Å². The molecule has 1 aliphatic carbocycles. The number of amides is 2. The molecule has 1 atom stereocenters. The van der Waals surface area contributed by atoms with Crippen molar-refractivity contribution in [3.05, 3.63) is 64.5 Å². The van der Waals surface area contributed by atoms with E-state index in [1.807, 2.05) is 6.07 Å². The van der Waals surface area contributed by atoms with Gasteiger partial charge in [0.15, 0.2) is 18.2 Å². The lowest BCUT2D eigenvalue weighted by molar-refractivity contribution is -0.153. The maximum Gasteiger partial charge on any atom is 0.469 e. The van der Waals surface area contributed by atoms with E-state index in [1.54, 1.807) is 12.1 Å². The van der Waals surface area contributed by atoms with Gasteiger partial charge in [-0.15, -0.1) is 0 Å². The van der Waals surface area contributed by atoms with E-state index in [9.17, 15) is 27.0 Å². The van der Waals surface area contributed by atoms with E-state index in [4.69, 9.17) is 10.00 Å². The van der Waals surface area contributed by atoms with Gasteiger partial charge in [0, 0.05) is 16.8 Å². The molecular formula is C24H18F3N6O4S+. The van der Waals surface area contributed by atoms with Crippen molar-refractivity contribution in [1.29, 1.82) is 5.26 Å². The first-order chi connectivity index (χ1) is 18.1. The molecule has 1 aromatic carbocycles. The van der Waals surface area contributed by atoms with E-state index in [2.05, 4.69) is 20.7 Å². The first-order valence-corrected chi connectivity index (χ1v) is 12.2. The highest BCUT2D eigenvalue weighted by atomic mass is 32.1. The first kappa shape index (κ1) is 25.3. The van der Waals surface area contributed by atoms with Gasteiger partial charge in [-0.3, -0.25) is 9.59 Å². The SMILES string of the molecule is N#Cc1ccc(-n2nc3c(c2NC(=O)C[S+]=O)C(=O)N[C@]2(CCc4cc(OCC(F)(F)F)ccc42)C3)nc1. The number of hydrogen-bond donors (Lipinski definition) is 2. The third kappa shape index (κ3) is 4.68. The van der Waals surface area contributed by atoms with Crippen molar-refractivity contribution >= 4 is 29.3 Å². The van der Waals surface area contributed by atoms with Crippen molar-refractivity contribution in [2.75, 3.05) is 17.7 Å². The number of carbonyl (C=O) groups excluding carboxylic acids is 2. The number of aromatic nitrogens is 3. The van der Waals surface area contributed by atoms with E-state index in [1.165, 1.54) is 29.1 Å². The lowest BCUT2D eigenvalue weighted by Crippen LogP contribution is -2.49. The van der Waals surface area contributed by atoms with Crippen LogP contribution < -0.4 is 15.4 Å². The largest absolute Gasteiger partial charge is 0.484 e. The van der Waals surface area contributed by atoms with Crippen molar-refractivity contribution in [2.45, 2.75) is 31.0 Å². The Balaban J connectivity index is 1.52. The Bertz CT molecular complexity index is 1500. The quantitative estimate of drug-likeness (QED) is 0.456. The number of anilines is 1. The molecule has 2 aromatic heterocycles. The number of fused-ring (bicyclic) bond motifs is 3. The van der Waals surface area contributed by atoms with E-state index in [0.717, 1.165) is 11.1 Å². The molecule has 14 heteroatoms. The lowest BCUT2D eigenvalue weighted by Gasteiger charge is -2.35. The number of rotatable bonds is 6. The molecule has 38 heavy (non-hydrogen) atoms. The number of ether oxygens (including phenoxy) is 1. The molecule has 0 fully saturated rings. The Labute approximate surface area is 217 Å². The summed E-state index contributed by atoms with van der Waals surface area (Å²) in [6.45, 7) is -1.41. The van der Waals surface area contributed by atoms with E-state index >= 15 is 0 Å². The zero-order valence-corrected chi connectivity index (χ0v) is 20.3. The molecule has 194 valence electrons. The fraction of sp³-hybridized carbons (Fsp3) is 0.292. The molecule has 0 radical (unpaired) electrons. The highest BCUT2D eigenvalue weighted by Crippen LogP contribution is 2.44. The van der Waals surface area contributed by atoms with Gasteiger partial charge in [-0.05, 0) is 48.2 Å². The first-order valence-electron chi connectivity index (χ1n) is 11.3. The maximum atomic E-state index is 13.4. The molecule has 0 saturated carbocycles. The maximum absolute atomic E-state index is 13.4. The summed E-state index contributed by atoms with van der Waals surface area (Å²) in [4.78, 5) is 29.9. The Morgan fingerprint density at radius 3 is 2.82 bits per heavy atom. The standard InChI is InChI=1S/C24H17F3N6O4S/c25-24(26,27)12-37-15-2-3-16-14(7-15)5-6-23(16)8-17-20(22(35)31-23)21(30-19(34)11-38-36)33(32-17)18-4-1-13(9-28)10-29-18/h1-4,7,10H,5-6,8,11-12H2,(H-,30,31,32,34,35)/p+1/t23-/m1/s1. The van der Waals surface area contributed by atoms with E-state index < -0.39 is 35.9 Å². The van der Waals surface area contributed by atoms with Crippen LogP contribution in [0.2, 0.25) is 0 Å². The summed E-state index contributed by atoms with van der Waals surface area (Å²) in [6.07, 6.45) is -1.92. The van der Waals surface area contributed by atoms with Crippen LogP contribution in [0.3, 0.4) is 0 Å². The van der Waals surface area contributed by atoms with Crippen LogP contribution in [0, 0.1) is 11.3 Å². The number of pyridine rings is 1. The molecule has 3 heterocycles. The third-order valence-electron chi connectivity index (χ3n) is 6.36. The summed E-state index contributed by atoms with van der Waals surface area (Å²) in [6, 6.07) is 9.60.